The molecule has 112 valence electrons. The van der Waals surface area contributed by atoms with Crippen molar-refractivity contribution in [2.75, 3.05) is 19.6 Å². The zero-order chi connectivity index (χ0) is 14.3. The van der Waals surface area contributed by atoms with Crippen molar-refractivity contribution in [1.29, 1.82) is 0 Å². The fourth-order valence-electron chi connectivity index (χ4n) is 3.21. The van der Waals surface area contributed by atoms with Gasteiger partial charge in [0.25, 0.3) is 10.0 Å². The van der Waals surface area contributed by atoms with Crippen LogP contribution in [-0.4, -0.2) is 49.3 Å². The normalized spacial score (nSPS) is 29.3. The number of piperazine rings is 1. The van der Waals surface area contributed by atoms with Crippen LogP contribution in [0.4, 0.5) is 0 Å². The summed E-state index contributed by atoms with van der Waals surface area (Å²) in [6.07, 6.45) is 3.58. The van der Waals surface area contributed by atoms with Crippen LogP contribution in [0.5, 0.6) is 0 Å². The first-order valence-corrected chi connectivity index (χ1v) is 10.0. The highest BCUT2D eigenvalue weighted by atomic mass is 79.9. The van der Waals surface area contributed by atoms with E-state index in [1.807, 2.05) is 6.92 Å². The number of hydrogen-bond acceptors (Lipinski definition) is 4. The van der Waals surface area contributed by atoms with Gasteiger partial charge in [0.2, 0.25) is 0 Å². The molecule has 7 heteroatoms. The minimum atomic E-state index is -3.35. The number of nitrogens with zero attached hydrogens (tertiary/aromatic N) is 2. The van der Waals surface area contributed by atoms with Crippen LogP contribution in [0.25, 0.3) is 0 Å². The van der Waals surface area contributed by atoms with Crippen molar-refractivity contribution < 1.29 is 8.42 Å². The highest BCUT2D eigenvalue weighted by Crippen LogP contribution is 2.32. The van der Waals surface area contributed by atoms with Crippen molar-refractivity contribution in [3.63, 3.8) is 0 Å². The maximum Gasteiger partial charge on any atom is 0.252 e. The van der Waals surface area contributed by atoms with Crippen LogP contribution in [0, 0.1) is 0 Å². The Balaban J connectivity index is 1.85. The lowest BCUT2D eigenvalue weighted by molar-refractivity contribution is 0.0565. The molecule has 2 atom stereocenters. The molecule has 3 heterocycles. The van der Waals surface area contributed by atoms with E-state index >= 15 is 0 Å². The molecule has 2 aliphatic heterocycles. The lowest BCUT2D eigenvalue weighted by atomic mass is 9.99. The second-order valence-electron chi connectivity index (χ2n) is 5.63. The van der Waals surface area contributed by atoms with Gasteiger partial charge in [-0.15, -0.1) is 11.3 Å². The first-order chi connectivity index (χ1) is 9.48. The molecule has 0 radical (unpaired) electrons. The number of piperidine rings is 1. The summed E-state index contributed by atoms with van der Waals surface area (Å²) in [6, 6.07) is 3.96. The van der Waals surface area contributed by atoms with Crippen LogP contribution in [0.1, 0.15) is 26.2 Å². The third-order valence-corrected chi connectivity index (χ3v) is 8.31. The molecule has 2 saturated heterocycles. The molecule has 0 saturated carbocycles. The molecule has 0 aliphatic carbocycles. The van der Waals surface area contributed by atoms with Gasteiger partial charge in [0.05, 0.1) is 3.79 Å². The van der Waals surface area contributed by atoms with E-state index in [0.29, 0.717) is 16.8 Å². The molecule has 1 aromatic rings. The van der Waals surface area contributed by atoms with Crippen molar-refractivity contribution in [3.05, 3.63) is 15.9 Å². The van der Waals surface area contributed by atoms with E-state index in [1.165, 1.54) is 24.2 Å². The van der Waals surface area contributed by atoms with Crippen molar-refractivity contribution in [3.8, 4) is 0 Å². The van der Waals surface area contributed by atoms with E-state index in [4.69, 9.17) is 0 Å². The van der Waals surface area contributed by atoms with E-state index < -0.39 is 10.0 Å². The number of hydrogen-bond donors (Lipinski definition) is 0. The second-order valence-corrected chi connectivity index (χ2v) is 10.2. The Bertz CT molecular complexity index is 587. The summed E-state index contributed by atoms with van der Waals surface area (Å²) in [7, 11) is -3.35. The van der Waals surface area contributed by atoms with Crippen LogP contribution < -0.4 is 0 Å². The third-order valence-electron chi connectivity index (χ3n) is 4.24. The Kier molecular flexibility index (Phi) is 4.25. The zero-order valence-electron chi connectivity index (χ0n) is 11.5. The van der Waals surface area contributed by atoms with E-state index in [-0.39, 0.29) is 6.04 Å². The van der Waals surface area contributed by atoms with Crippen LogP contribution in [0.3, 0.4) is 0 Å². The molecule has 3 rings (SSSR count). The molecular formula is C13H19BrN2O2S2. The highest BCUT2D eigenvalue weighted by Gasteiger charge is 2.39. The van der Waals surface area contributed by atoms with E-state index in [9.17, 15) is 8.42 Å². The SMILES string of the molecule is CC1CN2CCCCC2CN1S(=O)(=O)c1ccc(Br)s1. The number of sulfonamides is 1. The second kappa shape index (κ2) is 5.68. The number of fused-ring (bicyclic) bond motifs is 1. The smallest absolute Gasteiger partial charge is 0.252 e. The van der Waals surface area contributed by atoms with Crippen LogP contribution in [-0.2, 0) is 10.0 Å². The summed E-state index contributed by atoms with van der Waals surface area (Å²) in [6.45, 7) is 4.63. The molecule has 2 aliphatic rings. The van der Waals surface area contributed by atoms with Crippen molar-refractivity contribution in [2.24, 2.45) is 0 Å². The first-order valence-electron chi connectivity index (χ1n) is 7.00. The minimum absolute atomic E-state index is 0.0511. The number of rotatable bonds is 2. The molecule has 0 N–H and O–H groups in total. The van der Waals surface area contributed by atoms with Crippen LogP contribution in [0.2, 0.25) is 0 Å². The van der Waals surface area contributed by atoms with Gasteiger partial charge in [0.15, 0.2) is 0 Å². The fourth-order valence-corrected chi connectivity index (χ4v) is 7.01. The van der Waals surface area contributed by atoms with Gasteiger partial charge in [-0.25, -0.2) is 8.42 Å². The molecule has 0 amide bonds. The minimum Gasteiger partial charge on any atom is -0.297 e. The largest absolute Gasteiger partial charge is 0.297 e. The Morgan fingerprint density at radius 3 is 2.80 bits per heavy atom. The molecule has 0 aromatic carbocycles. The summed E-state index contributed by atoms with van der Waals surface area (Å²) >= 11 is 4.64. The van der Waals surface area contributed by atoms with Crippen molar-refractivity contribution in [2.45, 2.75) is 42.5 Å². The maximum atomic E-state index is 12.8. The Morgan fingerprint density at radius 2 is 2.10 bits per heavy atom. The number of thiophene rings is 1. The third kappa shape index (κ3) is 2.70. The van der Waals surface area contributed by atoms with Crippen molar-refractivity contribution in [1.82, 2.24) is 9.21 Å². The van der Waals surface area contributed by atoms with Crippen LogP contribution in [0.15, 0.2) is 20.1 Å². The lowest BCUT2D eigenvalue weighted by Gasteiger charge is -2.46. The zero-order valence-corrected chi connectivity index (χ0v) is 14.7. The molecular weight excluding hydrogens is 360 g/mol. The standard InChI is InChI=1S/C13H19BrN2O2S2/c1-10-8-15-7-3-2-4-11(15)9-16(10)20(17,18)13-6-5-12(14)19-13/h5-6,10-11H,2-4,7-9H2,1H3. The predicted octanol–water partition coefficient (Wildman–Crippen LogP) is 2.76. The van der Waals surface area contributed by atoms with Crippen LogP contribution >= 0.6 is 27.3 Å². The van der Waals surface area contributed by atoms with Gasteiger partial charge in [0, 0.05) is 25.2 Å². The van der Waals surface area contributed by atoms with E-state index in [2.05, 4.69) is 20.8 Å². The van der Waals surface area contributed by atoms with Crippen molar-refractivity contribution >= 4 is 37.3 Å². The van der Waals surface area contributed by atoms with Gasteiger partial charge in [-0.1, -0.05) is 6.42 Å². The quantitative estimate of drug-likeness (QED) is 0.794. The molecule has 0 bridgehead atoms. The first kappa shape index (κ1) is 15.0. The van der Waals surface area contributed by atoms with Gasteiger partial charge in [0.1, 0.15) is 4.21 Å². The predicted molar refractivity (Wildman–Crippen MR) is 84.6 cm³/mol. The molecule has 4 nitrogen and oxygen atoms in total. The molecule has 2 fully saturated rings. The van der Waals surface area contributed by atoms with Gasteiger partial charge >= 0.3 is 0 Å². The average Bonchev–Trinajstić information content (AvgIpc) is 2.85. The topological polar surface area (TPSA) is 40.6 Å². The Labute approximate surface area is 132 Å². The Hall–Kier alpha value is 0.0500. The highest BCUT2D eigenvalue weighted by molar-refractivity contribution is 9.11. The fraction of sp³-hybridized carbons (Fsp3) is 0.692. The lowest BCUT2D eigenvalue weighted by Crippen LogP contribution is -2.59. The summed E-state index contributed by atoms with van der Waals surface area (Å²) < 4.78 is 28.6. The maximum absolute atomic E-state index is 12.8. The molecule has 2 unspecified atom stereocenters. The van der Waals surface area contributed by atoms with E-state index in [1.54, 1.807) is 16.4 Å². The van der Waals surface area contributed by atoms with Gasteiger partial charge in [-0.3, -0.25) is 4.90 Å². The Morgan fingerprint density at radius 1 is 1.30 bits per heavy atom. The summed E-state index contributed by atoms with van der Waals surface area (Å²) in [5, 5.41) is 0. The summed E-state index contributed by atoms with van der Waals surface area (Å²) in [4.78, 5) is 2.46. The van der Waals surface area contributed by atoms with Gasteiger partial charge < -0.3 is 0 Å². The average molecular weight is 379 g/mol. The molecule has 20 heavy (non-hydrogen) atoms. The van der Waals surface area contributed by atoms with Gasteiger partial charge in [-0.2, -0.15) is 4.31 Å². The summed E-state index contributed by atoms with van der Waals surface area (Å²) in [5.74, 6) is 0. The number of halogens is 1. The summed E-state index contributed by atoms with van der Waals surface area (Å²) in [5.41, 5.74) is 0. The van der Waals surface area contributed by atoms with Gasteiger partial charge in [-0.05, 0) is 54.4 Å². The monoisotopic (exact) mass is 378 g/mol. The molecule has 1 aromatic heterocycles. The molecule has 0 spiro atoms. The van der Waals surface area contributed by atoms with E-state index in [0.717, 1.165) is 23.3 Å².